The first-order valence-electron chi connectivity index (χ1n) is 16.6. The molecule has 0 N–H and O–H groups in total. The van der Waals surface area contributed by atoms with Gasteiger partial charge in [-0.15, -0.1) is 0 Å². The van der Waals surface area contributed by atoms with Crippen LogP contribution in [0.3, 0.4) is 0 Å². The second-order valence-electron chi connectivity index (χ2n) is 12.4. The molecule has 0 aliphatic heterocycles. The van der Waals surface area contributed by atoms with Crippen molar-refractivity contribution in [2.75, 3.05) is 0 Å². The maximum Gasteiger partial charge on any atom is 0.164 e. The Kier molecular flexibility index (Phi) is 6.42. The Morgan fingerprint density at radius 1 is 0.260 bits per heavy atom. The van der Waals surface area contributed by atoms with Crippen molar-refractivity contribution in [1.82, 2.24) is 15.0 Å². The molecule has 7 aromatic carbocycles. The van der Waals surface area contributed by atoms with Gasteiger partial charge in [-0.05, 0) is 64.7 Å². The summed E-state index contributed by atoms with van der Waals surface area (Å²) in [7, 11) is 0. The summed E-state index contributed by atoms with van der Waals surface area (Å²) < 4.78 is 12.6. The molecule has 0 aliphatic rings. The SMILES string of the molecule is c1ccc(-c2ccc(-c3nc(-c4ccccc4)nc(-c4ccc5c(c4)oc4cc(-c6ccc7oc8ccccc8c7c6)ccc45)n3)cc2)cc1. The van der Waals surface area contributed by atoms with Gasteiger partial charge in [0.15, 0.2) is 17.5 Å². The Hall–Kier alpha value is -6.85. The van der Waals surface area contributed by atoms with Gasteiger partial charge < -0.3 is 8.83 Å². The second kappa shape index (κ2) is 11.4. The van der Waals surface area contributed by atoms with Gasteiger partial charge in [0.2, 0.25) is 0 Å². The van der Waals surface area contributed by atoms with Gasteiger partial charge in [0.1, 0.15) is 22.3 Å². The fraction of sp³-hybridized carbons (Fsp3) is 0. The fourth-order valence-electron chi connectivity index (χ4n) is 6.79. The van der Waals surface area contributed by atoms with Gasteiger partial charge >= 0.3 is 0 Å². The van der Waals surface area contributed by atoms with Crippen molar-refractivity contribution in [3.05, 3.63) is 164 Å². The number of aromatic nitrogens is 3. The molecular weight excluding hydrogens is 615 g/mol. The summed E-state index contributed by atoms with van der Waals surface area (Å²) in [6, 6.07) is 55.9. The summed E-state index contributed by atoms with van der Waals surface area (Å²) in [5.74, 6) is 1.82. The molecule has 0 atom stereocenters. The van der Waals surface area contributed by atoms with Crippen LogP contribution in [-0.2, 0) is 0 Å². The van der Waals surface area contributed by atoms with Crippen molar-refractivity contribution in [2.45, 2.75) is 0 Å². The Morgan fingerprint density at radius 3 is 1.40 bits per heavy atom. The van der Waals surface area contributed by atoms with Gasteiger partial charge in [-0.1, -0.05) is 121 Å². The van der Waals surface area contributed by atoms with Gasteiger partial charge in [-0.2, -0.15) is 0 Å². The quantitative estimate of drug-likeness (QED) is 0.187. The maximum absolute atomic E-state index is 6.51. The summed E-state index contributed by atoms with van der Waals surface area (Å²) in [4.78, 5) is 14.9. The second-order valence-corrected chi connectivity index (χ2v) is 12.4. The van der Waals surface area contributed by atoms with E-state index in [0.29, 0.717) is 17.5 Å². The number of hydrogen-bond donors (Lipinski definition) is 0. The molecular formula is C45H27N3O2. The van der Waals surface area contributed by atoms with E-state index >= 15 is 0 Å². The average molecular weight is 642 g/mol. The molecule has 3 aromatic heterocycles. The minimum absolute atomic E-state index is 0.588. The van der Waals surface area contributed by atoms with Crippen LogP contribution in [0.1, 0.15) is 0 Å². The highest BCUT2D eigenvalue weighted by Crippen LogP contribution is 2.37. The third-order valence-corrected chi connectivity index (χ3v) is 9.36. The molecule has 0 spiro atoms. The summed E-state index contributed by atoms with van der Waals surface area (Å²) in [5.41, 5.74) is 10.6. The number of fused-ring (bicyclic) bond motifs is 6. The molecule has 50 heavy (non-hydrogen) atoms. The van der Waals surface area contributed by atoms with Crippen LogP contribution in [0.25, 0.3) is 100 Å². The normalized spacial score (nSPS) is 11.6. The fourth-order valence-corrected chi connectivity index (χ4v) is 6.79. The third kappa shape index (κ3) is 4.83. The zero-order chi connectivity index (χ0) is 33.0. The van der Waals surface area contributed by atoms with E-state index in [4.69, 9.17) is 23.8 Å². The van der Waals surface area contributed by atoms with Crippen LogP contribution in [0.15, 0.2) is 173 Å². The molecule has 0 radical (unpaired) electrons. The largest absolute Gasteiger partial charge is 0.456 e. The molecule has 3 heterocycles. The molecule has 0 saturated heterocycles. The third-order valence-electron chi connectivity index (χ3n) is 9.36. The van der Waals surface area contributed by atoms with Crippen molar-refractivity contribution in [3.8, 4) is 56.4 Å². The van der Waals surface area contributed by atoms with E-state index in [1.807, 2.05) is 66.7 Å². The van der Waals surface area contributed by atoms with Gasteiger partial charge in [0.25, 0.3) is 0 Å². The van der Waals surface area contributed by atoms with Gasteiger partial charge in [0.05, 0.1) is 0 Å². The van der Waals surface area contributed by atoms with E-state index < -0.39 is 0 Å². The summed E-state index contributed by atoms with van der Waals surface area (Å²) in [5, 5.41) is 4.32. The van der Waals surface area contributed by atoms with E-state index in [1.165, 1.54) is 5.56 Å². The van der Waals surface area contributed by atoms with Crippen LogP contribution in [-0.4, -0.2) is 15.0 Å². The first-order valence-corrected chi connectivity index (χ1v) is 16.6. The minimum Gasteiger partial charge on any atom is -0.456 e. The Bertz CT molecular complexity index is 2850. The molecule has 0 bridgehead atoms. The predicted octanol–water partition coefficient (Wildman–Crippen LogP) is 12.0. The first kappa shape index (κ1) is 28.2. The number of para-hydroxylation sites is 1. The molecule has 0 unspecified atom stereocenters. The molecule has 0 saturated carbocycles. The van der Waals surface area contributed by atoms with Gasteiger partial charge in [-0.3, -0.25) is 0 Å². The number of nitrogens with zero attached hydrogens (tertiary/aromatic N) is 3. The van der Waals surface area contributed by atoms with Crippen molar-refractivity contribution >= 4 is 43.9 Å². The molecule has 0 fully saturated rings. The minimum atomic E-state index is 0.588. The lowest BCUT2D eigenvalue weighted by Crippen LogP contribution is -2.00. The molecule has 234 valence electrons. The van der Waals surface area contributed by atoms with Crippen LogP contribution in [0.5, 0.6) is 0 Å². The monoisotopic (exact) mass is 641 g/mol. The number of rotatable bonds is 5. The van der Waals surface area contributed by atoms with Gasteiger partial charge in [0, 0.05) is 38.2 Å². The maximum atomic E-state index is 6.51. The number of furan rings is 2. The summed E-state index contributed by atoms with van der Waals surface area (Å²) in [6.45, 7) is 0. The smallest absolute Gasteiger partial charge is 0.164 e. The molecule has 5 heteroatoms. The Labute approximate surface area is 287 Å². The molecule has 0 amide bonds. The van der Waals surface area contributed by atoms with Crippen molar-refractivity contribution < 1.29 is 8.83 Å². The lowest BCUT2D eigenvalue weighted by atomic mass is 10.0. The highest BCUT2D eigenvalue weighted by molar-refractivity contribution is 6.08. The van der Waals surface area contributed by atoms with Crippen molar-refractivity contribution in [3.63, 3.8) is 0 Å². The summed E-state index contributed by atoms with van der Waals surface area (Å²) in [6.07, 6.45) is 0. The van der Waals surface area contributed by atoms with Crippen LogP contribution in [0.4, 0.5) is 0 Å². The Morgan fingerprint density at radius 2 is 0.680 bits per heavy atom. The predicted molar refractivity (Wildman–Crippen MR) is 202 cm³/mol. The highest BCUT2D eigenvalue weighted by Gasteiger charge is 2.16. The summed E-state index contributed by atoms with van der Waals surface area (Å²) >= 11 is 0. The zero-order valence-electron chi connectivity index (χ0n) is 26.7. The van der Waals surface area contributed by atoms with E-state index in [9.17, 15) is 0 Å². The lowest BCUT2D eigenvalue weighted by Gasteiger charge is -2.09. The molecule has 0 aliphatic carbocycles. The van der Waals surface area contributed by atoms with E-state index in [0.717, 1.165) is 77.3 Å². The standard InChI is InChI=1S/C45H27N3O2/c1-3-9-28(10-4-1)29-15-17-31(18-16-29)44-46-43(30-11-5-2-6-12-30)47-45(48-44)34-20-23-37-36-22-19-33(26-41(36)50-42(37)27-34)32-21-24-40-38(25-32)35-13-7-8-14-39(35)49-40/h1-27H. The van der Waals surface area contributed by atoms with E-state index in [1.54, 1.807) is 0 Å². The topological polar surface area (TPSA) is 65.0 Å². The number of hydrogen-bond acceptors (Lipinski definition) is 5. The zero-order valence-corrected chi connectivity index (χ0v) is 26.7. The number of benzene rings is 7. The van der Waals surface area contributed by atoms with Crippen LogP contribution >= 0.6 is 0 Å². The molecule has 10 rings (SSSR count). The first-order chi connectivity index (χ1) is 24.7. The highest BCUT2D eigenvalue weighted by atomic mass is 16.3. The molecule has 5 nitrogen and oxygen atoms in total. The van der Waals surface area contributed by atoms with E-state index in [2.05, 4.69) is 97.1 Å². The van der Waals surface area contributed by atoms with Crippen LogP contribution < -0.4 is 0 Å². The van der Waals surface area contributed by atoms with Gasteiger partial charge in [-0.25, -0.2) is 15.0 Å². The van der Waals surface area contributed by atoms with Crippen molar-refractivity contribution in [1.29, 1.82) is 0 Å². The van der Waals surface area contributed by atoms with Crippen LogP contribution in [0.2, 0.25) is 0 Å². The van der Waals surface area contributed by atoms with E-state index in [-0.39, 0.29) is 0 Å². The molecule has 10 aromatic rings. The lowest BCUT2D eigenvalue weighted by molar-refractivity contribution is 0.669. The van der Waals surface area contributed by atoms with Crippen LogP contribution in [0, 0.1) is 0 Å². The average Bonchev–Trinajstić information content (AvgIpc) is 3.75. The van der Waals surface area contributed by atoms with Crippen molar-refractivity contribution in [2.24, 2.45) is 0 Å². The Balaban J connectivity index is 1.05.